The summed E-state index contributed by atoms with van der Waals surface area (Å²) in [6.45, 7) is 1.83. The van der Waals surface area contributed by atoms with E-state index in [0.717, 1.165) is 5.56 Å². The SMILES string of the molecule is Cc1cc(Cl)nc2[nH]cc(C(=O)CCC(=O)O)c12. The molecule has 0 spiro atoms. The van der Waals surface area contributed by atoms with Crippen molar-refractivity contribution in [3.63, 3.8) is 0 Å². The zero-order valence-electron chi connectivity index (χ0n) is 9.66. The first-order valence-corrected chi connectivity index (χ1v) is 5.76. The molecule has 0 saturated heterocycles. The molecular weight excluding hydrogens is 256 g/mol. The van der Waals surface area contributed by atoms with E-state index in [1.165, 1.54) is 0 Å². The average molecular weight is 267 g/mol. The first-order chi connectivity index (χ1) is 8.49. The lowest BCUT2D eigenvalue weighted by Crippen LogP contribution is -2.03. The second-order valence-corrected chi connectivity index (χ2v) is 4.39. The highest BCUT2D eigenvalue weighted by atomic mass is 35.5. The molecule has 5 nitrogen and oxygen atoms in total. The van der Waals surface area contributed by atoms with E-state index < -0.39 is 5.97 Å². The average Bonchev–Trinajstić information content (AvgIpc) is 2.69. The number of nitrogens with one attached hydrogen (secondary N) is 1. The number of ketones is 1. The molecule has 0 atom stereocenters. The largest absolute Gasteiger partial charge is 0.481 e. The Kier molecular flexibility index (Phi) is 3.34. The topological polar surface area (TPSA) is 83.0 Å². The maximum Gasteiger partial charge on any atom is 0.303 e. The van der Waals surface area contributed by atoms with Gasteiger partial charge in [0.1, 0.15) is 10.8 Å². The predicted octanol–water partition coefficient (Wildman–Crippen LogP) is 2.57. The van der Waals surface area contributed by atoms with Crippen molar-refractivity contribution in [2.45, 2.75) is 19.8 Å². The molecule has 0 aromatic carbocycles. The summed E-state index contributed by atoms with van der Waals surface area (Å²) in [5, 5.41) is 9.63. The molecule has 0 unspecified atom stereocenters. The van der Waals surface area contributed by atoms with Gasteiger partial charge in [0.15, 0.2) is 5.78 Å². The number of H-pyrrole nitrogens is 1. The van der Waals surface area contributed by atoms with Gasteiger partial charge in [-0.2, -0.15) is 0 Å². The number of aryl methyl sites for hydroxylation is 1. The Balaban J connectivity index is 2.40. The van der Waals surface area contributed by atoms with E-state index in [2.05, 4.69) is 9.97 Å². The van der Waals surface area contributed by atoms with E-state index in [-0.39, 0.29) is 18.6 Å². The highest BCUT2D eigenvalue weighted by molar-refractivity contribution is 6.30. The third-order valence-electron chi connectivity index (χ3n) is 2.67. The summed E-state index contributed by atoms with van der Waals surface area (Å²) < 4.78 is 0. The predicted molar refractivity (Wildman–Crippen MR) is 67.0 cm³/mol. The zero-order valence-corrected chi connectivity index (χ0v) is 10.4. The summed E-state index contributed by atoms with van der Waals surface area (Å²) in [5.74, 6) is -1.20. The first kappa shape index (κ1) is 12.6. The monoisotopic (exact) mass is 266 g/mol. The zero-order chi connectivity index (χ0) is 13.3. The minimum absolute atomic E-state index is 0.0235. The molecule has 0 bridgehead atoms. The van der Waals surface area contributed by atoms with Crippen molar-refractivity contribution in [3.8, 4) is 0 Å². The number of hydrogen-bond acceptors (Lipinski definition) is 3. The molecule has 18 heavy (non-hydrogen) atoms. The number of carboxylic acid groups (broad SMARTS) is 1. The number of aliphatic carboxylic acids is 1. The number of nitrogens with zero attached hydrogens (tertiary/aromatic N) is 1. The molecule has 6 heteroatoms. The molecule has 0 fully saturated rings. The van der Waals surface area contributed by atoms with Crippen molar-refractivity contribution < 1.29 is 14.7 Å². The number of Topliss-reactive ketones (excluding diaryl/α,β-unsaturated/α-hetero) is 1. The van der Waals surface area contributed by atoms with Gasteiger partial charge in [-0.15, -0.1) is 0 Å². The molecule has 2 aromatic heterocycles. The minimum Gasteiger partial charge on any atom is -0.481 e. The number of rotatable bonds is 4. The van der Waals surface area contributed by atoms with Crippen molar-refractivity contribution in [2.24, 2.45) is 0 Å². The second-order valence-electron chi connectivity index (χ2n) is 4.00. The smallest absolute Gasteiger partial charge is 0.303 e. The lowest BCUT2D eigenvalue weighted by atomic mass is 10.0. The van der Waals surface area contributed by atoms with E-state index >= 15 is 0 Å². The quantitative estimate of drug-likeness (QED) is 0.658. The maximum atomic E-state index is 11.9. The number of carboxylic acids is 1. The molecule has 2 heterocycles. The van der Waals surface area contributed by atoms with Crippen LogP contribution in [0.15, 0.2) is 12.3 Å². The molecule has 2 aromatic rings. The van der Waals surface area contributed by atoms with E-state index in [1.807, 2.05) is 6.92 Å². The van der Waals surface area contributed by atoms with Crippen molar-refractivity contribution in [3.05, 3.63) is 28.5 Å². The van der Waals surface area contributed by atoms with Gasteiger partial charge in [0, 0.05) is 23.6 Å². The van der Waals surface area contributed by atoms with E-state index in [0.29, 0.717) is 21.7 Å². The number of hydrogen-bond donors (Lipinski definition) is 2. The fraction of sp³-hybridized carbons (Fsp3) is 0.250. The van der Waals surface area contributed by atoms with Crippen LogP contribution in [-0.4, -0.2) is 26.8 Å². The Hall–Kier alpha value is -1.88. The normalized spacial score (nSPS) is 10.8. The van der Waals surface area contributed by atoms with Gasteiger partial charge < -0.3 is 10.1 Å². The first-order valence-electron chi connectivity index (χ1n) is 5.38. The molecule has 0 saturated carbocycles. The van der Waals surface area contributed by atoms with E-state index in [1.54, 1.807) is 12.3 Å². The van der Waals surface area contributed by atoms with Crippen molar-refractivity contribution in [2.75, 3.05) is 0 Å². The number of aromatic amines is 1. The van der Waals surface area contributed by atoms with Crippen molar-refractivity contribution >= 4 is 34.4 Å². The van der Waals surface area contributed by atoms with Crippen LogP contribution in [-0.2, 0) is 4.79 Å². The maximum absolute atomic E-state index is 11.9. The standard InChI is InChI=1S/C12H11ClN2O3/c1-6-4-9(13)15-12-11(6)7(5-14-12)8(16)2-3-10(17)18/h4-5H,2-3H2,1H3,(H,14,15)(H,17,18). The van der Waals surface area contributed by atoms with Crippen LogP contribution in [0.5, 0.6) is 0 Å². The van der Waals surface area contributed by atoms with Gasteiger partial charge in [0.05, 0.1) is 6.42 Å². The molecule has 2 N–H and O–H groups in total. The van der Waals surface area contributed by atoms with Crippen LogP contribution in [0.2, 0.25) is 5.15 Å². The summed E-state index contributed by atoms with van der Waals surface area (Å²) in [5.41, 5.74) is 1.84. The van der Waals surface area contributed by atoms with E-state index in [9.17, 15) is 9.59 Å². The van der Waals surface area contributed by atoms with Crippen molar-refractivity contribution in [1.29, 1.82) is 0 Å². The lowest BCUT2D eigenvalue weighted by molar-refractivity contribution is -0.136. The van der Waals surface area contributed by atoms with Crippen LogP contribution >= 0.6 is 11.6 Å². The Morgan fingerprint density at radius 1 is 1.44 bits per heavy atom. The Labute approximate surface area is 108 Å². The molecule has 2 rings (SSSR count). The number of fused-ring (bicyclic) bond motifs is 1. The van der Waals surface area contributed by atoms with E-state index in [4.69, 9.17) is 16.7 Å². The molecular formula is C12H11ClN2O3. The summed E-state index contributed by atoms with van der Waals surface area (Å²) >= 11 is 5.82. The molecule has 0 aliphatic carbocycles. The van der Waals surface area contributed by atoms with Crippen molar-refractivity contribution in [1.82, 2.24) is 9.97 Å². The Morgan fingerprint density at radius 3 is 2.83 bits per heavy atom. The van der Waals surface area contributed by atoms with Gasteiger partial charge in [-0.05, 0) is 18.6 Å². The van der Waals surface area contributed by atoms with Gasteiger partial charge >= 0.3 is 5.97 Å². The van der Waals surface area contributed by atoms with Crippen LogP contribution in [0.3, 0.4) is 0 Å². The third-order valence-corrected chi connectivity index (χ3v) is 2.87. The second kappa shape index (κ2) is 4.78. The molecule has 94 valence electrons. The van der Waals surface area contributed by atoms with Gasteiger partial charge in [-0.1, -0.05) is 11.6 Å². The van der Waals surface area contributed by atoms with Gasteiger partial charge in [0.2, 0.25) is 0 Å². The number of aromatic nitrogens is 2. The number of carbonyl (C=O) groups excluding carboxylic acids is 1. The van der Waals surface area contributed by atoms with Gasteiger partial charge in [0.25, 0.3) is 0 Å². The highest BCUT2D eigenvalue weighted by Crippen LogP contribution is 2.24. The summed E-state index contributed by atoms with van der Waals surface area (Å²) in [6, 6.07) is 1.67. The Bertz CT molecular complexity index is 634. The molecule has 0 radical (unpaired) electrons. The fourth-order valence-electron chi connectivity index (χ4n) is 1.86. The minimum atomic E-state index is -0.985. The number of carbonyl (C=O) groups is 2. The Morgan fingerprint density at radius 2 is 2.17 bits per heavy atom. The lowest BCUT2D eigenvalue weighted by Gasteiger charge is -2.01. The van der Waals surface area contributed by atoms with Crippen LogP contribution in [0.1, 0.15) is 28.8 Å². The summed E-state index contributed by atoms with van der Waals surface area (Å²) in [4.78, 5) is 29.3. The van der Waals surface area contributed by atoms with Gasteiger partial charge in [-0.3, -0.25) is 9.59 Å². The molecule has 0 amide bonds. The summed E-state index contributed by atoms with van der Waals surface area (Å²) in [7, 11) is 0. The van der Waals surface area contributed by atoms with Crippen LogP contribution in [0.25, 0.3) is 11.0 Å². The third kappa shape index (κ3) is 2.36. The number of halogens is 1. The number of pyridine rings is 1. The van der Waals surface area contributed by atoms with Crippen LogP contribution in [0.4, 0.5) is 0 Å². The highest BCUT2D eigenvalue weighted by Gasteiger charge is 2.16. The summed E-state index contributed by atoms with van der Waals surface area (Å²) in [6.07, 6.45) is 1.35. The molecule has 0 aliphatic heterocycles. The molecule has 0 aliphatic rings. The van der Waals surface area contributed by atoms with Crippen LogP contribution < -0.4 is 0 Å². The van der Waals surface area contributed by atoms with Gasteiger partial charge in [-0.25, -0.2) is 4.98 Å². The fourth-order valence-corrected chi connectivity index (χ4v) is 2.11. The van der Waals surface area contributed by atoms with Crippen LogP contribution in [0, 0.1) is 6.92 Å².